The van der Waals surface area contributed by atoms with E-state index in [1.807, 2.05) is 6.07 Å². The van der Waals surface area contributed by atoms with E-state index in [-0.39, 0.29) is 11.6 Å². The highest BCUT2D eigenvalue weighted by Gasteiger charge is 2.29. The molecule has 2 aliphatic carbocycles. The fourth-order valence-corrected chi connectivity index (χ4v) is 2.44. The first-order chi connectivity index (χ1) is 8.70. The van der Waals surface area contributed by atoms with Crippen molar-refractivity contribution in [2.24, 2.45) is 5.92 Å². The Kier molecular flexibility index (Phi) is 2.54. The van der Waals surface area contributed by atoms with Crippen molar-refractivity contribution in [2.75, 3.05) is 7.11 Å². The average Bonchev–Trinajstić information content (AvgIpc) is 3.18. The summed E-state index contributed by atoms with van der Waals surface area (Å²) in [4.78, 5) is 24.0. The van der Waals surface area contributed by atoms with E-state index in [9.17, 15) is 9.59 Å². The van der Waals surface area contributed by atoms with Gasteiger partial charge in [-0.05, 0) is 49.0 Å². The Hall–Kier alpha value is -1.90. The minimum atomic E-state index is -0.140. The van der Waals surface area contributed by atoms with Gasteiger partial charge in [-0.2, -0.15) is 0 Å². The summed E-state index contributed by atoms with van der Waals surface area (Å²) in [6.45, 7) is 0. The molecule has 0 unspecified atom stereocenters. The number of benzene rings is 1. The molecule has 0 saturated heterocycles. The lowest BCUT2D eigenvalue weighted by atomic mass is 9.88. The van der Waals surface area contributed by atoms with Crippen molar-refractivity contribution >= 4 is 11.6 Å². The third-order valence-electron chi connectivity index (χ3n) is 3.56. The molecule has 0 amide bonds. The van der Waals surface area contributed by atoms with E-state index in [2.05, 4.69) is 0 Å². The molecule has 2 aliphatic rings. The molecule has 3 rings (SSSR count). The highest BCUT2D eigenvalue weighted by atomic mass is 16.5. The first-order valence-corrected chi connectivity index (χ1v) is 6.17. The van der Waals surface area contributed by atoms with Crippen molar-refractivity contribution < 1.29 is 14.3 Å². The highest BCUT2D eigenvalue weighted by molar-refractivity contribution is 6.23. The first-order valence-electron chi connectivity index (χ1n) is 6.17. The Labute approximate surface area is 105 Å². The number of ketones is 2. The number of carbonyl (C=O) groups is 2. The molecule has 0 radical (unpaired) electrons. The summed E-state index contributed by atoms with van der Waals surface area (Å²) in [7, 11) is 1.52. The van der Waals surface area contributed by atoms with Gasteiger partial charge in [0, 0.05) is 5.56 Å². The van der Waals surface area contributed by atoms with Crippen LogP contribution in [0.15, 0.2) is 24.3 Å². The average molecular weight is 242 g/mol. The summed E-state index contributed by atoms with van der Waals surface area (Å²) in [6.07, 6.45) is 6.02. The molecule has 0 bridgehead atoms. The number of rotatable bonds is 3. The van der Waals surface area contributed by atoms with Crippen LogP contribution in [0.3, 0.4) is 0 Å². The molecule has 1 aromatic carbocycles. The molecule has 0 aliphatic heterocycles. The molecule has 3 heteroatoms. The van der Waals surface area contributed by atoms with Crippen LogP contribution in [-0.2, 0) is 6.42 Å². The minimum Gasteiger partial charge on any atom is -0.496 e. The van der Waals surface area contributed by atoms with Crippen LogP contribution >= 0.6 is 0 Å². The standard InChI is InChI=1S/C15H14O3/c1-18-13-7-4-10(8-9-2-3-9)14-11(16)5-6-12(17)15(13)14/h4-7,9H,2-3,8H2,1H3. The van der Waals surface area contributed by atoms with Gasteiger partial charge < -0.3 is 4.74 Å². The van der Waals surface area contributed by atoms with Gasteiger partial charge in [-0.3, -0.25) is 9.59 Å². The van der Waals surface area contributed by atoms with Crippen LogP contribution in [0.5, 0.6) is 5.75 Å². The zero-order chi connectivity index (χ0) is 12.7. The highest BCUT2D eigenvalue weighted by Crippen LogP contribution is 2.37. The third kappa shape index (κ3) is 1.76. The molecule has 0 atom stereocenters. The maximum Gasteiger partial charge on any atom is 0.190 e. The Morgan fingerprint density at radius 2 is 1.78 bits per heavy atom. The second-order valence-electron chi connectivity index (χ2n) is 4.89. The Morgan fingerprint density at radius 3 is 2.39 bits per heavy atom. The van der Waals surface area contributed by atoms with Crippen molar-refractivity contribution in [3.8, 4) is 5.75 Å². The number of ether oxygens (including phenoxy) is 1. The van der Waals surface area contributed by atoms with Crippen LogP contribution in [0, 0.1) is 5.92 Å². The largest absolute Gasteiger partial charge is 0.496 e. The molecule has 18 heavy (non-hydrogen) atoms. The number of methoxy groups -OCH3 is 1. The van der Waals surface area contributed by atoms with Crippen molar-refractivity contribution in [2.45, 2.75) is 19.3 Å². The lowest BCUT2D eigenvalue weighted by molar-refractivity contribution is 0.0990. The molecule has 0 spiro atoms. The van der Waals surface area contributed by atoms with Gasteiger partial charge in [-0.25, -0.2) is 0 Å². The van der Waals surface area contributed by atoms with Crippen LogP contribution < -0.4 is 4.74 Å². The van der Waals surface area contributed by atoms with Crippen LogP contribution in [0.25, 0.3) is 0 Å². The zero-order valence-corrected chi connectivity index (χ0v) is 10.2. The molecule has 0 aromatic heterocycles. The van der Waals surface area contributed by atoms with E-state index in [0.29, 0.717) is 22.8 Å². The van der Waals surface area contributed by atoms with Gasteiger partial charge in [-0.1, -0.05) is 6.07 Å². The first kappa shape index (κ1) is 11.2. The molecular weight excluding hydrogens is 228 g/mol. The molecule has 0 N–H and O–H groups in total. The Balaban J connectivity index is 2.16. The molecule has 1 saturated carbocycles. The van der Waals surface area contributed by atoms with Gasteiger partial charge in [0.15, 0.2) is 11.6 Å². The molecule has 0 heterocycles. The topological polar surface area (TPSA) is 43.4 Å². The SMILES string of the molecule is COc1ccc(CC2CC2)c2c1C(=O)C=CC2=O. The maximum atomic E-state index is 12.0. The van der Waals surface area contributed by atoms with E-state index in [0.717, 1.165) is 12.0 Å². The molecule has 92 valence electrons. The van der Waals surface area contributed by atoms with E-state index in [1.165, 1.54) is 32.1 Å². The number of hydrogen-bond acceptors (Lipinski definition) is 3. The fraction of sp³-hybridized carbons (Fsp3) is 0.333. The molecular formula is C15H14O3. The predicted octanol–water partition coefficient (Wildman–Crippen LogP) is 2.58. The number of carbonyl (C=O) groups excluding carboxylic acids is 2. The summed E-state index contributed by atoms with van der Waals surface area (Å²) < 4.78 is 5.20. The van der Waals surface area contributed by atoms with E-state index in [1.54, 1.807) is 6.07 Å². The van der Waals surface area contributed by atoms with E-state index in [4.69, 9.17) is 4.74 Å². The number of hydrogen-bond donors (Lipinski definition) is 0. The van der Waals surface area contributed by atoms with Crippen LogP contribution in [0.4, 0.5) is 0 Å². The summed E-state index contributed by atoms with van der Waals surface area (Å²) in [5.41, 5.74) is 1.97. The Bertz CT molecular complexity index is 565. The van der Waals surface area contributed by atoms with Gasteiger partial charge >= 0.3 is 0 Å². The normalized spacial score (nSPS) is 17.8. The van der Waals surface area contributed by atoms with Crippen molar-refractivity contribution in [3.05, 3.63) is 41.0 Å². The summed E-state index contributed by atoms with van der Waals surface area (Å²) in [5.74, 6) is 0.946. The fourth-order valence-electron chi connectivity index (χ4n) is 2.44. The monoisotopic (exact) mass is 242 g/mol. The quantitative estimate of drug-likeness (QED) is 0.818. The van der Waals surface area contributed by atoms with Crippen LogP contribution in [-0.4, -0.2) is 18.7 Å². The molecule has 1 aromatic rings. The van der Waals surface area contributed by atoms with Gasteiger partial charge in [0.05, 0.1) is 12.7 Å². The number of allylic oxidation sites excluding steroid dienone is 2. The van der Waals surface area contributed by atoms with Crippen molar-refractivity contribution in [3.63, 3.8) is 0 Å². The second kappa shape index (κ2) is 4.09. The third-order valence-corrected chi connectivity index (χ3v) is 3.56. The predicted molar refractivity (Wildman–Crippen MR) is 67.2 cm³/mol. The minimum absolute atomic E-state index is 0.0841. The summed E-state index contributed by atoms with van der Waals surface area (Å²) in [5, 5.41) is 0. The maximum absolute atomic E-state index is 12.0. The lowest BCUT2D eigenvalue weighted by Crippen LogP contribution is -2.16. The van der Waals surface area contributed by atoms with E-state index < -0.39 is 0 Å². The van der Waals surface area contributed by atoms with E-state index >= 15 is 0 Å². The zero-order valence-electron chi connectivity index (χ0n) is 10.2. The van der Waals surface area contributed by atoms with Gasteiger partial charge in [-0.15, -0.1) is 0 Å². The number of fused-ring (bicyclic) bond motifs is 1. The van der Waals surface area contributed by atoms with Gasteiger partial charge in [0.25, 0.3) is 0 Å². The molecule has 3 nitrogen and oxygen atoms in total. The lowest BCUT2D eigenvalue weighted by Gasteiger charge is -2.17. The van der Waals surface area contributed by atoms with Gasteiger partial charge in [0.1, 0.15) is 5.75 Å². The van der Waals surface area contributed by atoms with Crippen molar-refractivity contribution in [1.82, 2.24) is 0 Å². The Morgan fingerprint density at radius 1 is 1.11 bits per heavy atom. The second-order valence-corrected chi connectivity index (χ2v) is 4.89. The smallest absolute Gasteiger partial charge is 0.190 e. The van der Waals surface area contributed by atoms with Crippen LogP contribution in [0.1, 0.15) is 39.1 Å². The van der Waals surface area contributed by atoms with Gasteiger partial charge in [0.2, 0.25) is 0 Å². The van der Waals surface area contributed by atoms with Crippen molar-refractivity contribution in [1.29, 1.82) is 0 Å². The molecule has 1 fully saturated rings. The summed E-state index contributed by atoms with van der Waals surface area (Å²) in [6, 6.07) is 3.71. The summed E-state index contributed by atoms with van der Waals surface area (Å²) >= 11 is 0. The van der Waals surface area contributed by atoms with Crippen LogP contribution in [0.2, 0.25) is 0 Å².